The Morgan fingerprint density at radius 3 is 2.61 bits per heavy atom. The first-order valence-corrected chi connectivity index (χ1v) is 8.17. The van der Waals surface area contributed by atoms with Crippen LogP contribution in [0.1, 0.15) is 43.2 Å². The van der Waals surface area contributed by atoms with Crippen LogP contribution in [-0.4, -0.2) is 20.9 Å². The molecule has 1 aromatic heterocycles. The van der Waals surface area contributed by atoms with Crippen molar-refractivity contribution in [3.63, 3.8) is 0 Å². The third kappa shape index (κ3) is 4.53. The Bertz CT molecular complexity index is 642. The molecule has 1 aromatic carbocycles. The highest BCUT2D eigenvalue weighted by Gasteiger charge is 2.16. The molecule has 6 heteroatoms. The summed E-state index contributed by atoms with van der Waals surface area (Å²) in [6.07, 6.45) is 0.725. The summed E-state index contributed by atoms with van der Waals surface area (Å²) in [5.74, 6) is -0.301. The van der Waals surface area contributed by atoms with Gasteiger partial charge in [-0.3, -0.25) is 4.68 Å². The molecule has 2 rings (SSSR count). The minimum Gasteiger partial charge on any atom is -0.388 e. The summed E-state index contributed by atoms with van der Waals surface area (Å²) in [7, 11) is 1.83. The quantitative estimate of drug-likeness (QED) is 0.813. The lowest BCUT2D eigenvalue weighted by molar-refractivity contribution is 0.153. The highest BCUT2D eigenvalue weighted by atomic mass is 35.5. The zero-order chi connectivity index (χ0) is 17.0. The maximum Gasteiger partial charge on any atom is 0.131 e. The van der Waals surface area contributed by atoms with Gasteiger partial charge in [0, 0.05) is 25.2 Å². The smallest absolute Gasteiger partial charge is 0.131 e. The van der Waals surface area contributed by atoms with Gasteiger partial charge in [0.1, 0.15) is 11.0 Å². The van der Waals surface area contributed by atoms with E-state index in [1.807, 2.05) is 20.9 Å². The first-order chi connectivity index (χ1) is 10.9. The molecule has 0 saturated carbocycles. The third-order valence-corrected chi connectivity index (χ3v) is 4.42. The lowest BCUT2D eigenvalue weighted by atomic mass is 10.0. The van der Waals surface area contributed by atoms with Crippen molar-refractivity contribution in [2.24, 2.45) is 7.05 Å². The van der Waals surface area contributed by atoms with Gasteiger partial charge in [-0.25, -0.2) is 4.39 Å². The number of benzene rings is 1. The predicted octanol–water partition coefficient (Wildman–Crippen LogP) is 3.38. The summed E-state index contributed by atoms with van der Waals surface area (Å²) in [4.78, 5) is 0. The van der Waals surface area contributed by atoms with Crippen molar-refractivity contribution in [3.05, 3.63) is 52.1 Å². The van der Waals surface area contributed by atoms with E-state index >= 15 is 0 Å². The van der Waals surface area contributed by atoms with Crippen LogP contribution in [0.4, 0.5) is 4.39 Å². The maximum absolute atomic E-state index is 12.9. The number of rotatable bonds is 7. The molecule has 2 N–H and O–H groups in total. The average Bonchev–Trinajstić information content (AvgIpc) is 2.80. The fourth-order valence-corrected chi connectivity index (χ4v) is 2.79. The highest BCUT2D eigenvalue weighted by Crippen LogP contribution is 2.21. The van der Waals surface area contributed by atoms with E-state index in [1.54, 1.807) is 16.8 Å². The number of aromatic nitrogens is 2. The van der Waals surface area contributed by atoms with Crippen LogP contribution in [0.15, 0.2) is 24.3 Å². The number of aliphatic hydroxyl groups excluding tert-OH is 1. The van der Waals surface area contributed by atoms with E-state index in [0.717, 1.165) is 17.7 Å². The topological polar surface area (TPSA) is 50.1 Å². The van der Waals surface area contributed by atoms with Crippen molar-refractivity contribution >= 4 is 11.6 Å². The Morgan fingerprint density at radius 2 is 2.00 bits per heavy atom. The fourth-order valence-electron chi connectivity index (χ4n) is 2.57. The van der Waals surface area contributed by atoms with Gasteiger partial charge in [0.2, 0.25) is 0 Å². The van der Waals surface area contributed by atoms with E-state index in [0.29, 0.717) is 23.7 Å². The standard InChI is InChI=1S/C17H23ClFN3O/c1-4-15-14(17(18)22(3)21-15)10-20-11(2)9-16(23)12-5-7-13(19)8-6-12/h5-8,11,16,20,23H,4,9-10H2,1-3H3. The lowest BCUT2D eigenvalue weighted by Crippen LogP contribution is -2.27. The van der Waals surface area contributed by atoms with Crippen LogP contribution in [0.2, 0.25) is 5.15 Å². The van der Waals surface area contributed by atoms with E-state index in [4.69, 9.17) is 11.6 Å². The minimum absolute atomic E-state index is 0.0797. The van der Waals surface area contributed by atoms with Gasteiger partial charge >= 0.3 is 0 Å². The van der Waals surface area contributed by atoms with Crippen LogP contribution >= 0.6 is 11.6 Å². The van der Waals surface area contributed by atoms with E-state index in [1.165, 1.54) is 12.1 Å². The molecule has 0 saturated heterocycles. The fraction of sp³-hybridized carbons (Fsp3) is 0.471. The summed E-state index contributed by atoms with van der Waals surface area (Å²) in [6.45, 7) is 4.65. The van der Waals surface area contributed by atoms with Crippen LogP contribution in [0.25, 0.3) is 0 Å². The second kappa shape index (κ2) is 7.90. The number of nitrogens with one attached hydrogen (secondary N) is 1. The summed E-state index contributed by atoms with van der Waals surface area (Å²) in [5.41, 5.74) is 2.70. The molecule has 0 aliphatic heterocycles. The molecule has 126 valence electrons. The van der Waals surface area contributed by atoms with E-state index in [-0.39, 0.29) is 11.9 Å². The number of aliphatic hydroxyl groups is 1. The largest absolute Gasteiger partial charge is 0.388 e. The van der Waals surface area contributed by atoms with Crippen molar-refractivity contribution < 1.29 is 9.50 Å². The predicted molar refractivity (Wildman–Crippen MR) is 89.9 cm³/mol. The van der Waals surface area contributed by atoms with Crippen molar-refractivity contribution in [1.29, 1.82) is 0 Å². The molecule has 0 amide bonds. The van der Waals surface area contributed by atoms with Crippen molar-refractivity contribution in [2.45, 2.75) is 45.4 Å². The Labute approximate surface area is 141 Å². The van der Waals surface area contributed by atoms with Crippen molar-refractivity contribution in [2.75, 3.05) is 0 Å². The first kappa shape index (κ1) is 17.9. The summed E-state index contributed by atoms with van der Waals surface area (Å²) in [6, 6.07) is 6.02. The van der Waals surface area contributed by atoms with Crippen molar-refractivity contribution in [1.82, 2.24) is 15.1 Å². The molecular formula is C17H23ClFN3O. The Kier molecular flexibility index (Phi) is 6.16. The number of hydrogen-bond donors (Lipinski definition) is 2. The zero-order valence-corrected chi connectivity index (χ0v) is 14.4. The van der Waals surface area contributed by atoms with Crippen LogP contribution in [0.5, 0.6) is 0 Å². The number of halogens is 2. The van der Waals surface area contributed by atoms with Crippen LogP contribution < -0.4 is 5.32 Å². The summed E-state index contributed by atoms with van der Waals surface area (Å²) < 4.78 is 14.6. The number of aryl methyl sites for hydroxylation is 2. The van der Waals surface area contributed by atoms with Gasteiger partial charge in [-0.2, -0.15) is 5.10 Å². The molecule has 1 heterocycles. The lowest BCUT2D eigenvalue weighted by Gasteiger charge is -2.18. The van der Waals surface area contributed by atoms with Crippen molar-refractivity contribution in [3.8, 4) is 0 Å². The SMILES string of the molecule is CCc1nn(C)c(Cl)c1CNC(C)CC(O)c1ccc(F)cc1. The Morgan fingerprint density at radius 1 is 1.35 bits per heavy atom. The van der Waals surface area contributed by atoms with Gasteiger partial charge in [0.25, 0.3) is 0 Å². The van der Waals surface area contributed by atoms with E-state index < -0.39 is 6.10 Å². The molecule has 23 heavy (non-hydrogen) atoms. The van der Waals surface area contributed by atoms with Gasteiger partial charge in [-0.15, -0.1) is 0 Å². The maximum atomic E-state index is 12.9. The monoisotopic (exact) mass is 339 g/mol. The zero-order valence-electron chi connectivity index (χ0n) is 13.7. The molecule has 0 spiro atoms. The second-order valence-corrected chi connectivity index (χ2v) is 6.14. The average molecular weight is 340 g/mol. The molecular weight excluding hydrogens is 317 g/mol. The van der Waals surface area contributed by atoms with Gasteiger partial charge in [-0.05, 0) is 37.5 Å². The normalized spacial score (nSPS) is 14.0. The second-order valence-electron chi connectivity index (χ2n) is 5.78. The number of nitrogens with zero attached hydrogens (tertiary/aromatic N) is 2. The molecule has 0 radical (unpaired) electrons. The van der Waals surface area contributed by atoms with Crippen LogP contribution in [-0.2, 0) is 20.0 Å². The summed E-state index contributed by atoms with van der Waals surface area (Å²) in [5, 5.41) is 18.6. The van der Waals surface area contributed by atoms with Gasteiger partial charge < -0.3 is 10.4 Å². The summed E-state index contributed by atoms with van der Waals surface area (Å²) >= 11 is 6.27. The molecule has 0 aliphatic rings. The number of hydrogen-bond acceptors (Lipinski definition) is 3. The molecule has 0 bridgehead atoms. The van der Waals surface area contributed by atoms with E-state index in [2.05, 4.69) is 10.4 Å². The molecule has 2 atom stereocenters. The molecule has 2 aromatic rings. The van der Waals surface area contributed by atoms with Gasteiger partial charge in [0.15, 0.2) is 0 Å². The van der Waals surface area contributed by atoms with E-state index in [9.17, 15) is 9.50 Å². The Hall–Kier alpha value is -1.43. The molecule has 4 nitrogen and oxygen atoms in total. The van der Waals surface area contributed by atoms with Crippen LogP contribution in [0.3, 0.4) is 0 Å². The Balaban J connectivity index is 1.92. The minimum atomic E-state index is -0.631. The van der Waals surface area contributed by atoms with Gasteiger partial charge in [0.05, 0.1) is 11.8 Å². The molecule has 0 aliphatic carbocycles. The highest BCUT2D eigenvalue weighted by molar-refractivity contribution is 6.30. The third-order valence-electron chi connectivity index (χ3n) is 3.95. The first-order valence-electron chi connectivity index (χ1n) is 7.79. The molecule has 0 fully saturated rings. The molecule has 2 unspecified atom stereocenters. The van der Waals surface area contributed by atoms with Gasteiger partial charge in [-0.1, -0.05) is 30.7 Å². The van der Waals surface area contributed by atoms with Crippen LogP contribution in [0, 0.1) is 5.82 Å².